The molecular weight excluding hydrogens is 296 g/mol. The Balaban J connectivity index is 1.59. The molecule has 6 nitrogen and oxygen atoms in total. The summed E-state index contributed by atoms with van der Waals surface area (Å²) in [6.45, 7) is 2.96. The predicted molar refractivity (Wildman–Crippen MR) is 81.5 cm³/mol. The third-order valence-electron chi connectivity index (χ3n) is 4.40. The van der Waals surface area contributed by atoms with Crippen molar-refractivity contribution >= 4 is 5.91 Å². The molecule has 0 N–H and O–H groups in total. The van der Waals surface area contributed by atoms with Gasteiger partial charge in [0.25, 0.3) is 5.91 Å². The molecule has 0 spiro atoms. The summed E-state index contributed by atoms with van der Waals surface area (Å²) in [6, 6.07) is 7.22. The van der Waals surface area contributed by atoms with Crippen LogP contribution in [-0.4, -0.2) is 29.3 Å². The lowest BCUT2D eigenvalue weighted by Crippen LogP contribution is -2.30. The van der Waals surface area contributed by atoms with Crippen LogP contribution in [0.25, 0.3) is 0 Å². The average molecular weight is 314 g/mol. The van der Waals surface area contributed by atoms with E-state index in [1.807, 2.05) is 17.9 Å². The number of aromatic nitrogens is 1. The number of hydrogen-bond acceptors (Lipinski definition) is 5. The lowest BCUT2D eigenvalue weighted by Gasteiger charge is -2.22. The Labute approximate surface area is 134 Å². The van der Waals surface area contributed by atoms with Crippen LogP contribution in [0.3, 0.4) is 0 Å². The van der Waals surface area contributed by atoms with Crippen molar-refractivity contribution in [2.24, 2.45) is 0 Å². The first-order valence-electron chi connectivity index (χ1n) is 7.92. The van der Waals surface area contributed by atoms with Crippen molar-refractivity contribution in [1.29, 1.82) is 0 Å². The highest BCUT2D eigenvalue weighted by molar-refractivity contribution is 5.95. The van der Waals surface area contributed by atoms with Crippen molar-refractivity contribution in [2.75, 3.05) is 13.3 Å². The highest BCUT2D eigenvalue weighted by Gasteiger charge is 2.33. The first-order chi connectivity index (χ1) is 11.3. The Bertz CT molecular complexity index is 740. The minimum absolute atomic E-state index is 0.0137. The zero-order chi connectivity index (χ0) is 15.8. The van der Waals surface area contributed by atoms with Gasteiger partial charge in [-0.05, 0) is 37.5 Å². The molecule has 6 heteroatoms. The van der Waals surface area contributed by atoms with Crippen molar-refractivity contribution in [1.82, 2.24) is 10.1 Å². The fourth-order valence-electron chi connectivity index (χ4n) is 3.15. The van der Waals surface area contributed by atoms with Crippen LogP contribution in [0.2, 0.25) is 0 Å². The van der Waals surface area contributed by atoms with Gasteiger partial charge in [-0.3, -0.25) is 4.79 Å². The molecule has 4 rings (SSSR count). The second-order valence-corrected chi connectivity index (χ2v) is 5.80. The van der Waals surface area contributed by atoms with Gasteiger partial charge in [0.15, 0.2) is 17.3 Å². The van der Waals surface area contributed by atoms with E-state index in [-0.39, 0.29) is 18.7 Å². The van der Waals surface area contributed by atoms with Crippen LogP contribution in [0.15, 0.2) is 28.8 Å². The normalized spacial score (nSPS) is 19.3. The number of ether oxygens (including phenoxy) is 2. The maximum Gasteiger partial charge on any atom is 0.254 e. The molecule has 2 aliphatic heterocycles. The van der Waals surface area contributed by atoms with Crippen molar-refractivity contribution in [3.63, 3.8) is 0 Å². The van der Waals surface area contributed by atoms with Crippen LogP contribution in [-0.2, 0) is 6.42 Å². The maximum atomic E-state index is 12.9. The van der Waals surface area contributed by atoms with Gasteiger partial charge in [0.1, 0.15) is 0 Å². The molecule has 2 aromatic rings. The van der Waals surface area contributed by atoms with Gasteiger partial charge in [0.2, 0.25) is 6.79 Å². The number of carbonyl (C=O) groups excluding carboxylic acids is 1. The molecule has 0 saturated carbocycles. The second-order valence-electron chi connectivity index (χ2n) is 5.80. The summed E-state index contributed by atoms with van der Waals surface area (Å²) < 4.78 is 16.1. The number of carbonyl (C=O) groups is 1. The van der Waals surface area contributed by atoms with Gasteiger partial charge >= 0.3 is 0 Å². The largest absolute Gasteiger partial charge is 0.454 e. The number of likely N-dealkylation sites (tertiary alicyclic amines) is 1. The van der Waals surface area contributed by atoms with Crippen LogP contribution < -0.4 is 9.47 Å². The van der Waals surface area contributed by atoms with Crippen LogP contribution in [0, 0.1) is 0 Å². The lowest BCUT2D eigenvalue weighted by molar-refractivity contribution is 0.0714. The molecule has 1 aromatic heterocycles. The van der Waals surface area contributed by atoms with Crippen molar-refractivity contribution in [3.05, 3.63) is 41.3 Å². The highest BCUT2D eigenvalue weighted by atomic mass is 16.7. The smallest absolute Gasteiger partial charge is 0.254 e. The van der Waals surface area contributed by atoms with Gasteiger partial charge in [0, 0.05) is 18.2 Å². The molecule has 0 radical (unpaired) electrons. The number of amides is 1. The summed E-state index contributed by atoms with van der Waals surface area (Å²) >= 11 is 0. The van der Waals surface area contributed by atoms with Crippen LogP contribution in [0.1, 0.15) is 47.6 Å². The van der Waals surface area contributed by atoms with E-state index in [1.165, 1.54) is 0 Å². The number of nitrogens with zero attached hydrogens (tertiary/aromatic N) is 2. The molecule has 1 amide bonds. The van der Waals surface area contributed by atoms with Gasteiger partial charge in [0.05, 0.1) is 11.7 Å². The number of aryl methyl sites for hydroxylation is 1. The van der Waals surface area contributed by atoms with E-state index < -0.39 is 0 Å². The molecule has 1 unspecified atom stereocenters. The molecular formula is C17H18N2O4. The van der Waals surface area contributed by atoms with Crippen LogP contribution >= 0.6 is 0 Å². The van der Waals surface area contributed by atoms with E-state index in [1.54, 1.807) is 18.2 Å². The molecule has 0 aliphatic carbocycles. The number of hydrogen-bond donors (Lipinski definition) is 0. The van der Waals surface area contributed by atoms with Gasteiger partial charge in [-0.2, -0.15) is 0 Å². The van der Waals surface area contributed by atoms with Gasteiger partial charge in [-0.1, -0.05) is 12.1 Å². The summed E-state index contributed by atoms with van der Waals surface area (Å²) in [5.74, 6) is 2.07. The van der Waals surface area contributed by atoms with E-state index in [2.05, 4.69) is 5.16 Å². The molecule has 1 fully saturated rings. The number of benzene rings is 1. The number of rotatable bonds is 3. The Hall–Kier alpha value is -2.50. The van der Waals surface area contributed by atoms with E-state index in [9.17, 15) is 4.79 Å². The molecule has 1 aromatic carbocycles. The second kappa shape index (κ2) is 5.61. The average Bonchev–Trinajstić information content (AvgIpc) is 3.31. The van der Waals surface area contributed by atoms with Crippen molar-refractivity contribution < 1.29 is 18.8 Å². The summed E-state index contributed by atoms with van der Waals surface area (Å²) in [5, 5.41) is 4.04. The standard InChI is InChI=1S/C17H18N2O4/c1-2-12-9-15(23-18-12)13-4-3-7-19(13)17(20)11-5-6-14-16(8-11)22-10-21-14/h5-6,8-9,13H,2-4,7,10H2,1H3. The first kappa shape index (κ1) is 14.1. The Morgan fingerprint density at radius 3 is 3.00 bits per heavy atom. The third kappa shape index (κ3) is 2.44. The first-order valence-corrected chi connectivity index (χ1v) is 7.92. The van der Waals surface area contributed by atoms with E-state index in [4.69, 9.17) is 14.0 Å². The lowest BCUT2D eigenvalue weighted by atomic mass is 10.1. The summed E-state index contributed by atoms with van der Waals surface area (Å²) in [7, 11) is 0. The molecule has 23 heavy (non-hydrogen) atoms. The SMILES string of the molecule is CCc1cc(C2CCCN2C(=O)c2ccc3c(c2)OCO3)on1. The molecule has 2 aliphatic rings. The molecule has 3 heterocycles. The zero-order valence-corrected chi connectivity index (χ0v) is 12.9. The van der Waals surface area contributed by atoms with Crippen molar-refractivity contribution in [3.8, 4) is 11.5 Å². The Kier molecular flexibility index (Phi) is 3.44. The van der Waals surface area contributed by atoms with Crippen molar-refractivity contribution in [2.45, 2.75) is 32.2 Å². The van der Waals surface area contributed by atoms with Gasteiger partial charge < -0.3 is 18.9 Å². The van der Waals surface area contributed by atoms with E-state index >= 15 is 0 Å². The minimum atomic E-state index is -0.0410. The molecule has 120 valence electrons. The maximum absolute atomic E-state index is 12.9. The van der Waals surface area contributed by atoms with Gasteiger partial charge in [-0.15, -0.1) is 0 Å². The fourth-order valence-corrected chi connectivity index (χ4v) is 3.15. The zero-order valence-electron chi connectivity index (χ0n) is 12.9. The number of fused-ring (bicyclic) bond motifs is 1. The summed E-state index contributed by atoms with van der Waals surface area (Å²) in [4.78, 5) is 14.7. The quantitative estimate of drug-likeness (QED) is 0.871. The molecule has 1 atom stereocenters. The van der Waals surface area contributed by atoms with Crippen LogP contribution in [0.4, 0.5) is 0 Å². The molecule has 1 saturated heterocycles. The minimum Gasteiger partial charge on any atom is -0.454 e. The molecule has 0 bridgehead atoms. The monoisotopic (exact) mass is 314 g/mol. The van der Waals surface area contributed by atoms with E-state index in [0.717, 1.165) is 37.3 Å². The van der Waals surface area contributed by atoms with Gasteiger partial charge in [-0.25, -0.2) is 0 Å². The summed E-state index contributed by atoms with van der Waals surface area (Å²) in [5.41, 5.74) is 1.53. The third-order valence-corrected chi connectivity index (χ3v) is 4.40. The topological polar surface area (TPSA) is 64.8 Å². The van der Waals surface area contributed by atoms with Crippen LogP contribution in [0.5, 0.6) is 11.5 Å². The summed E-state index contributed by atoms with van der Waals surface area (Å²) in [6.07, 6.45) is 2.68. The predicted octanol–water partition coefficient (Wildman–Crippen LogP) is 2.94. The van der Waals surface area contributed by atoms with E-state index in [0.29, 0.717) is 17.1 Å². The Morgan fingerprint density at radius 1 is 1.30 bits per heavy atom. The highest BCUT2D eigenvalue weighted by Crippen LogP contribution is 2.36. The fraction of sp³-hybridized carbons (Fsp3) is 0.412. The Morgan fingerprint density at radius 2 is 2.17 bits per heavy atom.